The molecule has 0 amide bonds. The predicted octanol–water partition coefficient (Wildman–Crippen LogP) is 4.92. The largest absolute Gasteiger partial charge is 0.371 e. The van der Waals surface area contributed by atoms with Gasteiger partial charge in [-0.15, -0.1) is 11.3 Å². The van der Waals surface area contributed by atoms with Gasteiger partial charge in [-0.3, -0.25) is 4.98 Å². The lowest BCUT2D eigenvalue weighted by Crippen LogP contribution is -2.24. The van der Waals surface area contributed by atoms with Gasteiger partial charge in [0.25, 0.3) is 0 Å². The molecule has 4 heteroatoms. The molecule has 0 aliphatic carbocycles. The quantitative estimate of drug-likeness (QED) is 0.633. The molecule has 3 nitrogen and oxygen atoms in total. The maximum Gasteiger partial charge on any atom is 0.0992 e. The van der Waals surface area contributed by atoms with Crippen LogP contribution in [0.1, 0.15) is 29.0 Å². The van der Waals surface area contributed by atoms with E-state index in [-0.39, 0.29) is 0 Å². The Bertz CT molecular complexity index is 955. The van der Waals surface area contributed by atoms with Crippen LogP contribution >= 0.6 is 11.3 Å². The fourth-order valence-electron chi connectivity index (χ4n) is 3.25. The molecular weight excluding hydrogens is 326 g/mol. The second-order valence-electron chi connectivity index (χ2n) is 6.30. The number of aromatic nitrogens is 1. The molecule has 0 bridgehead atoms. The summed E-state index contributed by atoms with van der Waals surface area (Å²) in [5.74, 6) is 0. The molecule has 0 radical (unpaired) electrons. The van der Waals surface area contributed by atoms with Gasteiger partial charge >= 0.3 is 0 Å². The normalized spacial score (nSPS) is 14.4. The van der Waals surface area contributed by atoms with E-state index in [0.29, 0.717) is 0 Å². The first-order chi connectivity index (χ1) is 12.3. The monoisotopic (exact) mass is 345 g/mol. The first-order valence-corrected chi connectivity index (χ1v) is 9.41. The number of pyridine rings is 1. The Morgan fingerprint density at radius 3 is 2.72 bits per heavy atom. The molecule has 0 fully saturated rings. The molecule has 1 aromatic carbocycles. The first kappa shape index (κ1) is 15.9. The van der Waals surface area contributed by atoms with Crippen molar-refractivity contribution < 1.29 is 0 Å². The van der Waals surface area contributed by atoms with Crippen LogP contribution in [0.3, 0.4) is 0 Å². The van der Waals surface area contributed by atoms with E-state index in [4.69, 9.17) is 5.26 Å². The van der Waals surface area contributed by atoms with Crippen molar-refractivity contribution in [1.82, 2.24) is 4.98 Å². The lowest BCUT2D eigenvalue weighted by molar-refractivity contribution is 0.809. The van der Waals surface area contributed by atoms with E-state index in [2.05, 4.69) is 46.3 Å². The van der Waals surface area contributed by atoms with Crippen molar-refractivity contribution >= 4 is 27.1 Å². The van der Waals surface area contributed by atoms with Crippen LogP contribution in [0.4, 0.5) is 5.69 Å². The summed E-state index contributed by atoms with van der Waals surface area (Å²) in [5, 5.41) is 10.3. The molecule has 0 N–H and O–H groups in total. The van der Waals surface area contributed by atoms with Crippen LogP contribution in [0.25, 0.3) is 10.1 Å². The highest BCUT2D eigenvalue weighted by atomic mass is 32.1. The van der Waals surface area contributed by atoms with Crippen molar-refractivity contribution in [3.8, 4) is 6.07 Å². The Hall–Kier alpha value is -2.64. The van der Waals surface area contributed by atoms with E-state index in [1.165, 1.54) is 20.7 Å². The van der Waals surface area contributed by atoms with E-state index in [1.807, 2.05) is 24.4 Å². The van der Waals surface area contributed by atoms with Gasteiger partial charge in [0.05, 0.1) is 11.6 Å². The van der Waals surface area contributed by atoms with Crippen LogP contribution in [-0.2, 0) is 6.42 Å². The van der Waals surface area contributed by atoms with Crippen LogP contribution in [0.2, 0.25) is 0 Å². The molecule has 3 heterocycles. The number of nitrogens with zero attached hydrogens (tertiary/aromatic N) is 3. The zero-order valence-electron chi connectivity index (χ0n) is 14.0. The molecule has 0 atom stereocenters. The van der Waals surface area contributed by atoms with E-state index in [9.17, 15) is 0 Å². The summed E-state index contributed by atoms with van der Waals surface area (Å²) in [6, 6.07) is 14.6. The average Bonchev–Trinajstić information content (AvgIpc) is 2.84. The molecule has 124 valence electrons. The Balaban J connectivity index is 1.56. The second kappa shape index (κ2) is 7.08. The lowest BCUT2D eigenvalue weighted by atomic mass is 10.1. The first-order valence-electron chi connectivity index (χ1n) is 8.59. The molecule has 0 saturated carbocycles. The van der Waals surface area contributed by atoms with Gasteiger partial charge in [-0.2, -0.15) is 5.26 Å². The van der Waals surface area contributed by atoms with Gasteiger partial charge in [0.1, 0.15) is 0 Å². The average molecular weight is 345 g/mol. The summed E-state index contributed by atoms with van der Waals surface area (Å²) in [5.41, 5.74) is 3.08. The third-order valence-corrected chi connectivity index (χ3v) is 5.62. The number of thiophene rings is 1. The van der Waals surface area contributed by atoms with Crippen LogP contribution in [0, 0.1) is 11.3 Å². The Morgan fingerprint density at radius 2 is 1.92 bits per heavy atom. The van der Waals surface area contributed by atoms with Crippen molar-refractivity contribution in [1.29, 1.82) is 5.26 Å². The van der Waals surface area contributed by atoms with Gasteiger partial charge in [0.15, 0.2) is 0 Å². The third-order valence-electron chi connectivity index (χ3n) is 4.52. The summed E-state index contributed by atoms with van der Waals surface area (Å²) >= 11 is 1.75. The smallest absolute Gasteiger partial charge is 0.0992 e. The van der Waals surface area contributed by atoms with Crippen LogP contribution < -0.4 is 4.90 Å². The summed E-state index contributed by atoms with van der Waals surface area (Å²) in [6.45, 7) is 2.14. The molecule has 1 aliphatic rings. The Morgan fingerprint density at radius 1 is 1.08 bits per heavy atom. The van der Waals surface area contributed by atoms with Crippen LogP contribution in [-0.4, -0.2) is 18.1 Å². The molecule has 0 spiro atoms. The lowest BCUT2D eigenvalue weighted by Gasteiger charge is -2.22. The highest BCUT2D eigenvalue weighted by Gasteiger charge is 2.10. The second-order valence-corrected chi connectivity index (χ2v) is 7.46. The molecule has 25 heavy (non-hydrogen) atoms. The third kappa shape index (κ3) is 3.57. The SMILES string of the molecule is N#Cc1ccc2cc(Cc3cc(N4CCC=CCC4)ccn3)sc2c1. The molecule has 3 aromatic rings. The van der Waals surface area contributed by atoms with Crippen molar-refractivity contribution in [2.24, 2.45) is 0 Å². The molecule has 2 aromatic heterocycles. The van der Waals surface area contributed by atoms with Gasteiger partial charge in [-0.25, -0.2) is 0 Å². The van der Waals surface area contributed by atoms with E-state index < -0.39 is 0 Å². The minimum absolute atomic E-state index is 0.718. The Kier molecular flexibility index (Phi) is 4.49. The van der Waals surface area contributed by atoms with Crippen molar-refractivity contribution in [3.63, 3.8) is 0 Å². The predicted molar refractivity (Wildman–Crippen MR) is 104 cm³/mol. The topological polar surface area (TPSA) is 39.9 Å². The number of benzene rings is 1. The van der Waals surface area contributed by atoms with E-state index in [0.717, 1.165) is 43.6 Å². The minimum atomic E-state index is 0.718. The summed E-state index contributed by atoms with van der Waals surface area (Å²) in [4.78, 5) is 8.29. The van der Waals surface area contributed by atoms with Crippen molar-refractivity contribution in [3.05, 3.63) is 70.9 Å². The van der Waals surface area contributed by atoms with Gasteiger partial charge in [-0.05, 0) is 48.6 Å². The van der Waals surface area contributed by atoms with E-state index in [1.54, 1.807) is 11.3 Å². The maximum atomic E-state index is 9.05. The van der Waals surface area contributed by atoms with Crippen molar-refractivity contribution in [2.45, 2.75) is 19.3 Å². The van der Waals surface area contributed by atoms with Crippen molar-refractivity contribution in [2.75, 3.05) is 18.0 Å². The molecule has 1 aliphatic heterocycles. The number of hydrogen-bond donors (Lipinski definition) is 0. The zero-order chi connectivity index (χ0) is 17.1. The fraction of sp³-hybridized carbons (Fsp3) is 0.238. The standard InChI is InChI=1S/C21H19N3S/c22-15-16-5-6-17-12-20(25-21(17)11-16)14-18-13-19(7-8-23-18)24-9-3-1-2-4-10-24/h1-2,5-8,11-13H,3-4,9-10,14H2. The molecule has 0 unspecified atom stereocenters. The summed E-state index contributed by atoms with van der Waals surface area (Å²) < 4.78 is 1.17. The number of fused-ring (bicyclic) bond motifs is 1. The summed E-state index contributed by atoms with van der Waals surface area (Å²) in [6.07, 6.45) is 9.51. The van der Waals surface area contributed by atoms with Gasteiger partial charge in [-0.1, -0.05) is 18.2 Å². The number of nitriles is 1. The van der Waals surface area contributed by atoms with Crippen LogP contribution in [0.15, 0.2) is 54.7 Å². The fourth-order valence-corrected chi connectivity index (χ4v) is 4.37. The van der Waals surface area contributed by atoms with Gasteiger partial charge in [0.2, 0.25) is 0 Å². The number of rotatable bonds is 3. The maximum absolute atomic E-state index is 9.05. The highest BCUT2D eigenvalue weighted by molar-refractivity contribution is 7.19. The molecule has 0 saturated heterocycles. The molecule has 4 rings (SSSR count). The molecular formula is C21H19N3S. The number of anilines is 1. The van der Waals surface area contributed by atoms with E-state index >= 15 is 0 Å². The highest BCUT2D eigenvalue weighted by Crippen LogP contribution is 2.28. The van der Waals surface area contributed by atoms with Gasteiger partial charge in [0, 0.05) is 46.7 Å². The minimum Gasteiger partial charge on any atom is -0.371 e. The summed E-state index contributed by atoms with van der Waals surface area (Å²) in [7, 11) is 0. The zero-order valence-corrected chi connectivity index (χ0v) is 14.8. The number of hydrogen-bond acceptors (Lipinski definition) is 4. The van der Waals surface area contributed by atoms with Crippen LogP contribution in [0.5, 0.6) is 0 Å². The van der Waals surface area contributed by atoms with Gasteiger partial charge < -0.3 is 4.90 Å². The Labute approximate surface area is 151 Å².